The van der Waals surface area contributed by atoms with Gasteiger partial charge < -0.3 is 20.6 Å². The number of rotatable bonds is 4. The number of carbonyl (C=O) groups excluding carboxylic acids is 1. The number of hydrogen-bond donors (Lipinski definition) is 3. The zero-order valence-corrected chi connectivity index (χ0v) is 15.9. The predicted molar refractivity (Wildman–Crippen MR) is 107 cm³/mol. The number of halogens is 3. The van der Waals surface area contributed by atoms with Crippen molar-refractivity contribution in [2.24, 2.45) is 0 Å². The number of urea groups is 1. The number of nitrogens with zero attached hydrogens (tertiary/aromatic N) is 3. The Kier molecular flexibility index (Phi) is 5.25. The molecule has 4 rings (SSSR count). The van der Waals surface area contributed by atoms with Gasteiger partial charge in [0.25, 0.3) is 0 Å². The summed E-state index contributed by atoms with van der Waals surface area (Å²) in [5.41, 5.74) is 3.60. The van der Waals surface area contributed by atoms with E-state index in [-0.39, 0.29) is 6.10 Å². The molecule has 1 atom stereocenters. The lowest BCUT2D eigenvalue weighted by molar-refractivity contribution is -0.122. The monoisotopic (exact) mass is 419 g/mol. The van der Waals surface area contributed by atoms with Gasteiger partial charge in [-0.3, -0.25) is 4.40 Å². The van der Waals surface area contributed by atoms with Gasteiger partial charge in [0.05, 0.1) is 18.0 Å². The summed E-state index contributed by atoms with van der Waals surface area (Å²) in [6, 6.07) is 9.75. The molecule has 1 aliphatic heterocycles. The van der Waals surface area contributed by atoms with Crippen molar-refractivity contribution >= 4 is 23.1 Å². The minimum Gasteiger partial charge on any atom is -0.391 e. The van der Waals surface area contributed by atoms with Crippen molar-refractivity contribution in [1.29, 1.82) is 0 Å². The van der Waals surface area contributed by atoms with Crippen molar-refractivity contribution in [1.82, 2.24) is 14.7 Å². The first-order valence-corrected chi connectivity index (χ1v) is 9.41. The van der Waals surface area contributed by atoms with Gasteiger partial charge >= 0.3 is 12.2 Å². The first-order valence-electron chi connectivity index (χ1n) is 9.41. The number of imidazole rings is 1. The minimum atomic E-state index is -4.47. The zero-order valence-electron chi connectivity index (χ0n) is 15.9. The van der Waals surface area contributed by atoms with Crippen LogP contribution in [0.1, 0.15) is 6.42 Å². The summed E-state index contributed by atoms with van der Waals surface area (Å²) in [7, 11) is 0. The van der Waals surface area contributed by atoms with Crippen molar-refractivity contribution in [3.8, 4) is 11.3 Å². The number of hydrogen-bond acceptors (Lipinski definition) is 4. The molecule has 0 saturated carbocycles. The fourth-order valence-corrected chi connectivity index (χ4v) is 3.47. The van der Waals surface area contributed by atoms with Crippen LogP contribution in [0.4, 0.5) is 29.3 Å². The molecular weight excluding hydrogens is 399 g/mol. The lowest BCUT2D eigenvalue weighted by Gasteiger charge is -2.18. The number of amides is 2. The van der Waals surface area contributed by atoms with Gasteiger partial charge in [0.1, 0.15) is 12.2 Å². The van der Waals surface area contributed by atoms with Crippen molar-refractivity contribution < 1.29 is 23.1 Å². The molecule has 3 aromatic rings. The van der Waals surface area contributed by atoms with Crippen LogP contribution in [0.2, 0.25) is 0 Å². The second-order valence-electron chi connectivity index (χ2n) is 7.15. The van der Waals surface area contributed by atoms with E-state index in [1.165, 1.54) is 0 Å². The summed E-state index contributed by atoms with van der Waals surface area (Å²) in [6.07, 6.45) is -0.475. The standard InChI is InChI=1S/C20H20F3N5O2/c21-20(22,23)12-25-19(30)26-14-3-1-2-13(8-14)17-10-24-18-9-15(4-7-28(17)18)27-6-5-16(29)11-27/h1-4,7-10,16,29H,5-6,11-12H2,(H2,25,26,30). The van der Waals surface area contributed by atoms with Crippen LogP contribution in [0.25, 0.3) is 16.9 Å². The molecule has 7 nitrogen and oxygen atoms in total. The van der Waals surface area contributed by atoms with Crippen LogP contribution in [0, 0.1) is 0 Å². The second-order valence-corrected chi connectivity index (χ2v) is 7.15. The number of fused-ring (bicyclic) bond motifs is 1. The average molecular weight is 419 g/mol. The Labute approximate surface area is 170 Å². The van der Waals surface area contributed by atoms with Gasteiger partial charge in [0, 0.05) is 42.3 Å². The number of pyridine rings is 1. The highest BCUT2D eigenvalue weighted by molar-refractivity contribution is 5.90. The Bertz CT molecular complexity index is 1070. The van der Waals surface area contributed by atoms with E-state index in [1.807, 2.05) is 28.8 Å². The normalized spacial score (nSPS) is 16.8. The lowest BCUT2D eigenvalue weighted by atomic mass is 10.1. The van der Waals surface area contributed by atoms with Crippen molar-refractivity contribution in [2.45, 2.75) is 18.7 Å². The Morgan fingerprint density at radius 2 is 2.10 bits per heavy atom. The molecule has 30 heavy (non-hydrogen) atoms. The van der Waals surface area contributed by atoms with E-state index < -0.39 is 18.8 Å². The van der Waals surface area contributed by atoms with Gasteiger partial charge in [-0.2, -0.15) is 13.2 Å². The van der Waals surface area contributed by atoms with Gasteiger partial charge in [-0.15, -0.1) is 0 Å². The van der Waals surface area contributed by atoms with E-state index in [4.69, 9.17) is 0 Å². The summed E-state index contributed by atoms with van der Waals surface area (Å²) in [4.78, 5) is 18.2. The molecule has 1 saturated heterocycles. The molecular formula is C20H20F3N5O2. The lowest BCUT2D eigenvalue weighted by Crippen LogP contribution is -2.36. The van der Waals surface area contributed by atoms with E-state index in [0.29, 0.717) is 12.2 Å². The van der Waals surface area contributed by atoms with E-state index in [0.717, 1.165) is 35.6 Å². The number of alkyl halides is 3. The summed E-state index contributed by atoms with van der Waals surface area (Å²) < 4.78 is 38.6. The summed E-state index contributed by atoms with van der Waals surface area (Å²) in [6.45, 7) is -0.0228. The number of aromatic nitrogens is 2. The van der Waals surface area contributed by atoms with Crippen molar-refractivity contribution in [3.05, 3.63) is 48.8 Å². The molecule has 0 spiro atoms. The first kappa shape index (κ1) is 20.0. The maximum absolute atomic E-state index is 12.2. The topological polar surface area (TPSA) is 81.9 Å². The van der Waals surface area contributed by atoms with Crippen molar-refractivity contribution in [3.63, 3.8) is 0 Å². The van der Waals surface area contributed by atoms with Gasteiger partial charge in [-0.05, 0) is 24.6 Å². The molecule has 3 heterocycles. The predicted octanol–water partition coefficient (Wildman–Crippen LogP) is 3.26. The van der Waals surface area contributed by atoms with Gasteiger partial charge in [0.2, 0.25) is 0 Å². The fourth-order valence-electron chi connectivity index (χ4n) is 3.47. The van der Waals surface area contributed by atoms with Gasteiger partial charge in [-0.25, -0.2) is 9.78 Å². The summed E-state index contributed by atoms with van der Waals surface area (Å²) in [5.74, 6) is 0. The van der Waals surface area contributed by atoms with Crippen molar-refractivity contribution in [2.75, 3.05) is 29.9 Å². The highest BCUT2D eigenvalue weighted by atomic mass is 19.4. The molecule has 2 amide bonds. The third kappa shape index (κ3) is 4.48. The quantitative estimate of drug-likeness (QED) is 0.606. The Balaban J connectivity index is 1.52. The van der Waals surface area contributed by atoms with E-state index in [9.17, 15) is 23.1 Å². The zero-order chi connectivity index (χ0) is 21.3. The minimum absolute atomic E-state index is 0.319. The number of anilines is 2. The molecule has 158 valence electrons. The van der Waals surface area contributed by atoms with E-state index in [2.05, 4.69) is 15.2 Å². The number of carbonyl (C=O) groups is 1. The highest BCUT2D eigenvalue weighted by Gasteiger charge is 2.27. The maximum atomic E-state index is 12.2. The number of β-amino-alcohol motifs (C(OH)–C–C–N with tert-alkyl or cyclic N) is 1. The fraction of sp³-hybridized carbons (Fsp3) is 0.300. The molecule has 0 aliphatic carbocycles. The highest BCUT2D eigenvalue weighted by Crippen LogP contribution is 2.27. The number of aliphatic hydroxyl groups is 1. The van der Waals surface area contributed by atoms with Gasteiger partial charge in [0.15, 0.2) is 0 Å². The second kappa shape index (κ2) is 7.86. The summed E-state index contributed by atoms with van der Waals surface area (Å²) in [5, 5.41) is 13.9. The van der Waals surface area contributed by atoms with Crippen LogP contribution in [-0.2, 0) is 0 Å². The maximum Gasteiger partial charge on any atom is 0.405 e. The molecule has 1 unspecified atom stereocenters. The average Bonchev–Trinajstić information content (AvgIpc) is 3.32. The Hall–Kier alpha value is -3.27. The Morgan fingerprint density at radius 3 is 2.83 bits per heavy atom. The largest absolute Gasteiger partial charge is 0.405 e. The molecule has 0 radical (unpaired) electrons. The van der Waals surface area contributed by atoms with E-state index in [1.54, 1.807) is 29.7 Å². The molecule has 1 aliphatic rings. The Morgan fingerprint density at radius 1 is 1.27 bits per heavy atom. The third-order valence-electron chi connectivity index (χ3n) is 4.89. The molecule has 0 bridgehead atoms. The SMILES string of the molecule is O=C(NCC(F)(F)F)Nc1cccc(-c2cnc3cc(N4CCC(O)C4)ccn23)c1. The molecule has 3 N–H and O–H groups in total. The number of benzene rings is 1. The van der Waals surface area contributed by atoms with Crippen LogP contribution in [-0.4, -0.2) is 52.4 Å². The third-order valence-corrected chi connectivity index (χ3v) is 4.89. The molecule has 1 aromatic carbocycles. The van der Waals surface area contributed by atoms with E-state index >= 15 is 0 Å². The van der Waals surface area contributed by atoms with Crippen LogP contribution in [0.3, 0.4) is 0 Å². The van der Waals surface area contributed by atoms with Crippen LogP contribution in [0.15, 0.2) is 48.8 Å². The number of nitrogens with one attached hydrogen (secondary N) is 2. The molecule has 2 aromatic heterocycles. The summed E-state index contributed by atoms with van der Waals surface area (Å²) >= 11 is 0. The van der Waals surface area contributed by atoms with Crippen LogP contribution < -0.4 is 15.5 Å². The smallest absolute Gasteiger partial charge is 0.391 e. The van der Waals surface area contributed by atoms with Crippen LogP contribution >= 0.6 is 0 Å². The first-order chi connectivity index (χ1) is 14.3. The van der Waals surface area contributed by atoms with Gasteiger partial charge in [-0.1, -0.05) is 12.1 Å². The van der Waals surface area contributed by atoms with Crippen LogP contribution in [0.5, 0.6) is 0 Å². The molecule has 1 fully saturated rings. The number of aliphatic hydroxyl groups excluding tert-OH is 1. The molecule has 10 heteroatoms.